The number of nitrogens with zero attached hydrogens (tertiary/aromatic N) is 1. The molecule has 0 atom stereocenters. The maximum Gasteiger partial charge on any atom is 0.157 e. The van der Waals surface area contributed by atoms with E-state index in [1.54, 1.807) is 0 Å². The normalized spacial score (nSPS) is 12.2. The molecule has 2 heteroatoms. The number of carbonyl (C=O) groups is 1. The Bertz CT molecular complexity index is 737. The molecule has 1 aromatic heterocycles. The first kappa shape index (κ1) is 12.9. The minimum Gasteiger partial charge on any atom is -0.333 e. The van der Waals surface area contributed by atoms with Crippen LogP contribution < -0.4 is 0 Å². The second-order valence-electron chi connectivity index (χ2n) is 6.29. The molecule has 0 aliphatic carbocycles. The highest BCUT2D eigenvalue weighted by Gasteiger charge is 2.22. The Kier molecular flexibility index (Phi) is 2.89. The number of Topliss-reactive ketones (excluding diaryl/α,β-unsaturated/α-hetero) is 1. The molecule has 102 valence electrons. The van der Waals surface area contributed by atoms with Gasteiger partial charge in [0.15, 0.2) is 5.78 Å². The average Bonchev–Trinajstić information content (AvgIpc) is 2.73. The van der Waals surface area contributed by atoms with Gasteiger partial charge in [-0.3, -0.25) is 4.79 Å². The smallest absolute Gasteiger partial charge is 0.157 e. The minimum atomic E-state index is -0.313. The molecule has 2 nitrogen and oxygen atoms in total. The summed E-state index contributed by atoms with van der Waals surface area (Å²) >= 11 is 0. The van der Waals surface area contributed by atoms with E-state index in [0.29, 0.717) is 6.54 Å². The van der Waals surface area contributed by atoms with E-state index in [2.05, 4.69) is 28.8 Å². The van der Waals surface area contributed by atoms with Crippen LogP contribution in [-0.2, 0) is 11.3 Å². The van der Waals surface area contributed by atoms with Crippen LogP contribution in [0.15, 0.2) is 48.5 Å². The highest BCUT2D eigenvalue weighted by molar-refractivity contribution is 6.08. The number of aromatic nitrogens is 1. The molecule has 0 fully saturated rings. The topological polar surface area (TPSA) is 22.0 Å². The first-order valence-corrected chi connectivity index (χ1v) is 6.98. The van der Waals surface area contributed by atoms with Crippen LogP contribution in [-0.4, -0.2) is 10.4 Å². The quantitative estimate of drug-likeness (QED) is 0.672. The molecule has 0 aliphatic heterocycles. The van der Waals surface area contributed by atoms with Crippen LogP contribution in [0.3, 0.4) is 0 Å². The fourth-order valence-electron chi connectivity index (χ4n) is 2.55. The summed E-state index contributed by atoms with van der Waals surface area (Å²) in [7, 11) is 0. The third-order valence-electron chi connectivity index (χ3n) is 3.82. The van der Waals surface area contributed by atoms with Gasteiger partial charge in [-0.15, -0.1) is 0 Å². The number of para-hydroxylation sites is 2. The van der Waals surface area contributed by atoms with Gasteiger partial charge in [-0.25, -0.2) is 0 Å². The molecule has 3 rings (SSSR count). The van der Waals surface area contributed by atoms with Crippen LogP contribution >= 0.6 is 0 Å². The maximum absolute atomic E-state index is 12.4. The summed E-state index contributed by atoms with van der Waals surface area (Å²) in [6, 6.07) is 16.6. The van der Waals surface area contributed by atoms with Crippen molar-refractivity contribution in [1.29, 1.82) is 0 Å². The average molecular weight is 265 g/mol. The predicted octanol–water partition coefficient (Wildman–Crippen LogP) is 4.41. The highest BCUT2D eigenvalue weighted by Crippen LogP contribution is 2.29. The van der Waals surface area contributed by atoms with Crippen molar-refractivity contribution in [1.82, 2.24) is 4.57 Å². The molecule has 0 aliphatic rings. The van der Waals surface area contributed by atoms with Crippen molar-refractivity contribution in [2.45, 2.75) is 27.3 Å². The van der Waals surface area contributed by atoms with Crippen molar-refractivity contribution in [2.24, 2.45) is 5.41 Å². The molecule has 0 bridgehead atoms. The first-order chi connectivity index (χ1) is 9.48. The fraction of sp³-hybridized carbons (Fsp3) is 0.278. The molecular weight excluding hydrogens is 246 g/mol. The standard InChI is InChI=1S/C18H19NO/c1-18(2,3)17(20)12-19-15-10-6-4-8-13(15)14-9-5-7-11-16(14)19/h4-11H,12H2,1-3H3. The van der Waals surface area contributed by atoms with E-state index in [9.17, 15) is 4.79 Å². The number of fused-ring (bicyclic) bond motifs is 3. The van der Waals surface area contributed by atoms with Gasteiger partial charge >= 0.3 is 0 Å². The largest absolute Gasteiger partial charge is 0.333 e. The minimum absolute atomic E-state index is 0.254. The molecule has 20 heavy (non-hydrogen) atoms. The second-order valence-corrected chi connectivity index (χ2v) is 6.29. The van der Waals surface area contributed by atoms with Crippen LogP contribution in [0.4, 0.5) is 0 Å². The van der Waals surface area contributed by atoms with E-state index in [1.165, 1.54) is 10.8 Å². The number of rotatable bonds is 2. The maximum atomic E-state index is 12.4. The van der Waals surface area contributed by atoms with Gasteiger partial charge in [-0.2, -0.15) is 0 Å². The molecule has 0 saturated heterocycles. The van der Waals surface area contributed by atoms with E-state index < -0.39 is 0 Å². The van der Waals surface area contributed by atoms with Gasteiger partial charge in [-0.05, 0) is 12.1 Å². The summed E-state index contributed by atoms with van der Waals surface area (Å²) in [5.74, 6) is 0.254. The van der Waals surface area contributed by atoms with E-state index in [4.69, 9.17) is 0 Å². The van der Waals surface area contributed by atoms with Crippen LogP contribution in [0.2, 0.25) is 0 Å². The number of hydrogen-bond donors (Lipinski definition) is 0. The van der Waals surface area contributed by atoms with E-state index in [0.717, 1.165) is 11.0 Å². The summed E-state index contributed by atoms with van der Waals surface area (Å²) in [4.78, 5) is 12.4. The Balaban J connectivity index is 2.24. The van der Waals surface area contributed by atoms with Crippen LogP contribution in [0.5, 0.6) is 0 Å². The lowest BCUT2D eigenvalue weighted by Crippen LogP contribution is -2.24. The Morgan fingerprint density at radius 3 is 1.80 bits per heavy atom. The van der Waals surface area contributed by atoms with Crippen LogP contribution in [0, 0.1) is 5.41 Å². The fourth-order valence-corrected chi connectivity index (χ4v) is 2.55. The summed E-state index contributed by atoms with van der Waals surface area (Å²) < 4.78 is 2.14. The van der Waals surface area contributed by atoms with Gasteiger partial charge in [0.2, 0.25) is 0 Å². The third kappa shape index (κ3) is 2.01. The van der Waals surface area contributed by atoms with Crippen molar-refractivity contribution in [3.63, 3.8) is 0 Å². The number of benzene rings is 2. The predicted molar refractivity (Wildman–Crippen MR) is 83.9 cm³/mol. The zero-order valence-electron chi connectivity index (χ0n) is 12.2. The number of ketones is 1. The van der Waals surface area contributed by atoms with E-state index >= 15 is 0 Å². The molecule has 2 aromatic carbocycles. The molecule has 0 saturated carbocycles. The van der Waals surface area contributed by atoms with Crippen molar-refractivity contribution < 1.29 is 4.79 Å². The molecule has 0 N–H and O–H groups in total. The SMILES string of the molecule is CC(C)(C)C(=O)Cn1c2ccccc2c2ccccc21. The van der Waals surface area contributed by atoms with E-state index in [1.807, 2.05) is 45.0 Å². The lowest BCUT2D eigenvalue weighted by Gasteiger charge is -2.18. The van der Waals surface area contributed by atoms with E-state index in [-0.39, 0.29) is 11.2 Å². The lowest BCUT2D eigenvalue weighted by atomic mass is 9.91. The Labute approximate surface area is 119 Å². The van der Waals surface area contributed by atoms with Crippen molar-refractivity contribution in [2.75, 3.05) is 0 Å². The van der Waals surface area contributed by atoms with Crippen molar-refractivity contribution >= 4 is 27.6 Å². The number of hydrogen-bond acceptors (Lipinski definition) is 1. The molecule has 0 radical (unpaired) electrons. The van der Waals surface area contributed by atoms with Gasteiger partial charge in [0.05, 0.1) is 6.54 Å². The lowest BCUT2D eigenvalue weighted by molar-refractivity contribution is -0.126. The molecule has 3 aromatic rings. The summed E-state index contributed by atoms with van der Waals surface area (Å²) in [5.41, 5.74) is 1.95. The zero-order chi connectivity index (χ0) is 14.3. The summed E-state index contributed by atoms with van der Waals surface area (Å²) in [6.45, 7) is 6.35. The zero-order valence-corrected chi connectivity index (χ0v) is 12.2. The summed E-state index contributed by atoms with van der Waals surface area (Å²) in [5, 5.41) is 2.43. The molecule has 0 spiro atoms. The first-order valence-electron chi connectivity index (χ1n) is 6.98. The highest BCUT2D eigenvalue weighted by atomic mass is 16.1. The third-order valence-corrected chi connectivity index (χ3v) is 3.82. The number of carbonyl (C=O) groups excluding carboxylic acids is 1. The van der Waals surface area contributed by atoms with Gasteiger partial charge in [0.1, 0.15) is 0 Å². The van der Waals surface area contributed by atoms with Crippen LogP contribution in [0.1, 0.15) is 20.8 Å². The Hall–Kier alpha value is -2.09. The van der Waals surface area contributed by atoms with Gasteiger partial charge in [0, 0.05) is 27.2 Å². The molecule has 1 heterocycles. The van der Waals surface area contributed by atoms with Crippen molar-refractivity contribution in [3.05, 3.63) is 48.5 Å². The van der Waals surface area contributed by atoms with Gasteiger partial charge in [0.25, 0.3) is 0 Å². The Morgan fingerprint density at radius 2 is 1.35 bits per heavy atom. The molecular formula is C18H19NO. The van der Waals surface area contributed by atoms with Gasteiger partial charge < -0.3 is 4.57 Å². The molecule has 0 amide bonds. The Morgan fingerprint density at radius 1 is 0.900 bits per heavy atom. The summed E-state index contributed by atoms with van der Waals surface area (Å²) in [6.07, 6.45) is 0. The van der Waals surface area contributed by atoms with Gasteiger partial charge in [-0.1, -0.05) is 57.2 Å². The monoisotopic (exact) mass is 265 g/mol. The van der Waals surface area contributed by atoms with Crippen LogP contribution in [0.25, 0.3) is 21.8 Å². The second kappa shape index (κ2) is 4.48. The molecule has 0 unspecified atom stereocenters. The van der Waals surface area contributed by atoms with Crippen molar-refractivity contribution in [3.8, 4) is 0 Å².